The highest BCUT2D eigenvalue weighted by Gasteiger charge is 2.09. The number of likely N-dealkylation sites (tertiary alicyclic amines) is 1. The first-order chi connectivity index (χ1) is 8.25. The summed E-state index contributed by atoms with van der Waals surface area (Å²) in [4.78, 5) is 4.00. The number of thiophene rings is 1. The van der Waals surface area contributed by atoms with Gasteiger partial charge in [0.05, 0.1) is 3.79 Å². The molecule has 17 heavy (non-hydrogen) atoms. The maximum absolute atomic E-state index is 3.57. The molecule has 0 amide bonds. The Bertz CT molecular complexity index is 326. The van der Waals surface area contributed by atoms with Gasteiger partial charge < -0.3 is 10.2 Å². The van der Waals surface area contributed by atoms with Crippen molar-refractivity contribution in [3.8, 4) is 0 Å². The van der Waals surface area contributed by atoms with Gasteiger partial charge >= 0.3 is 0 Å². The van der Waals surface area contributed by atoms with Crippen molar-refractivity contribution in [2.45, 2.75) is 32.7 Å². The molecule has 0 atom stereocenters. The Hall–Kier alpha value is 0.100. The Morgan fingerprint density at radius 1 is 1.35 bits per heavy atom. The third kappa shape index (κ3) is 4.36. The Kier molecular flexibility index (Phi) is 5.48. The van der Waals surface area contributed by atoms with Crippen LogP contribution >= 0.6 is 27.3 Å². The van der Waals surface area contributed by atoms with E-state index in [1.54, 1.807) is 0 Å². The van der Waals surface area contributed by atoms with Crippen molar-refractivity contribution in [3.63, 3.8) is 0 Å². The van der Waals surface area contributed by atoms with Crippen LogP contribution in [0.2, 0.25) is 0 Å². The van der Waals surface area contributed by atoms with E-state index in [2.05, 4.69) is 39.1 Å². The van der Waals surface area contributed by atoms with Crippen LogP contribution in [0.25, 0.3) is 0 Å². The number of rotatable bonds is 5. The molecule has 1 aromatic heterocycles. The number of hydrogen-bond acceptors (Lipinski definition) is 3. The van der Waals surface area contributed by atoms with E-state index in [0.717, 1.165) is 13.1 Å². The third-order valence-corrected chi connectivity index (χ3v) is 5.40. The van der Waals surface area contributed by atoms with Crippen molar-refractivity contribution in [1.29, 1.82) is 0 Å². The van der Waals surface area contributed by atoms with Crippen LogP contribution in [0, 0.1) is 6.92 Å². The number of nitrogens with zero attached hydrogens (tertiary/aromatic N) is 1. The smallest absolute Gasteiger partial charge is 0.0730 e. The number of aryl methyl sites for hydroxylation is 1. The minimum Gasteiger partial charge on any atom is -0.311 e. The topological polar surface area (TPSA) is 15.3 Å². The van der Waals surface area contributed by atoms with Gasteiger partial charge in [0.25, 0.3) is 0 Å². The maximum Gasteiger partial charge on any atom is 0.0730 e. The average Bonchev–Trinajstić information content (AvgIpc) is 2.66. The van der Waals surface area contributed by atoms with Crippen LogP contribution in [0.5, 0.6) is 0 Å². The van der Waals surface area contributed by atoms with E-state index >= 15 is 0 Å². The first-order valence-corrected chi connectivity index (χ1v) is 8.04. The standard InChI is InChI=1S/C13H21BrN2S/c1-11-9-12(17-13(11)14)10-15-5-8-16-6-3-2-4-7-16/h9,15H,2-8,10H2,1H3. The summed E-state index contributed by atoms with van der Waals surface area (Å²) in [6.45, 7) is 8.06. The molecule has 1 saturated heterocycles. The van der Waals surface area contributed by atoms with Crippen LogP contribution in [0.1, 0.15) is 29.7 Å². The Morgan fingerprint density at radius 2 is 2.12 bits per heavy atom. The SMILES string of the molecule is Cc1cc(CNCCN2CCCCC2)sc1Br. The zero-order valence-electron chi connectivity index (χ0n) is 10.5. The Morgan fingerprint density at radius 3 is 2.76 bits per heavy atom. The number of piperidine rings is 1. The van der Waals surface area contributed by atoms with Gasteiger partial charge in [-0.05, 0) is 60.4 Å². The second-order valence-electron chi connectivity index (χ2n) is 4.75. The first kappa shape index (κ1) is 13.5. The van der Waals surface area contributed by atoms with Crippen molar-refractivity contribution in [2.75, 3.05) is 26.2 Å². The Labute approximate surface area is 117 Å². The van der Waals surface area contributed by atoms with E-state index < -0.39 is 0 Å². The van der Waals surface area contributed by atoms with Gasteiger partial charge in [-0.3, -0.25) is 0 Å². The number of halogens is 1. The van der Waals surface area contributed by atoms with E-state index in [1.165, 1.54) is 53.1 Å². The molecule has 0 unspecified atom stereocenters. The quantitative estimate of drug-likeness (QED) is 0.838. The van der Waals surface area contributed by atoms with Crippen molar-refractivity contribution in [2.24, 2.45) is 0 Å². The summed E-state index contributed by atoms with van der Waals surface area (Å²) in [6.07, 6.45) is 4.19. The zero-order chi connectivity index (χ0) is 12.1. The molecule has 1 fully saturated rings. The van der Waals surface area contributed by atoms with Gasteiger partial charge in [0.2, 0.25) is 0 Å². The highest BCUT2D eigenvalue weighted by Crippen LogP contribution is 2.26. The van der Waals surface area contributed by atoms with Crippen LogP contribution in [-0.2, 0) is 6.54 Å². The number of nitrogens with one attached hydrogen (secondary N) is 1. The summed E-state index contributed by atoms with van der Waals surface area (Å²) in [7, 11) is 0. The molecular weight excluding hydrogens is 296 g/mol. The molecular formula is C13H21BrN2S. The third-order valence-electron chi connectivity index (χ3n) is 3.26. The van der Waals surface area contributed by atoms with Gasteiger partial charge in [0, 0.05) is 24.5 Å². The van der Waals surface area contributed by atoms with Gasteiger partial charge in [-0.2, -0.15) is 0 Å². The fourth-order valence-electron chi connectivity index (χ4n) is 2.24. The van der Waals surface area contributed by atoms with E-state index in [0.29, 0.717) is 0 Å². The van der Waals surface area contributed by atoms with Crippen LogP contribution in [0.15, 0.2) is 9.85 Å². The van der Waals surface area contributed by atoms with Crippen molar-refractivity contribution in [1.82, 2.24) is 10.2 Å². The molecule has 0 spiro atoms. The van der Waals surface area contributed by atoms with E-state index in [-0.39, 0.29) is 0 Å². The summed E-state index contributed by atoms with van der Waals surface area (Å²) >= 11 is 5.41. The molecule has 1 aliphatic heterocycles. The maximum atomic E-state index is 3.57. The Balaban J connectivity index is 1.62. The minimum atomic E-state index is 1.00. The van der Waals surface area contributed by atoms with Gasteiger partial charge in [-0.1, -0.05) is 6.42 Å². The van der Waals surface area contributed by atoms with Crippen molar-refractivity contribution in [3.05, 3.63) is 20.3 Å². The summed E-state index contributed by atoms with van der Waals surface area (Å²) in [5, 5.41) is 3.54. The molecule has 0 saturated carbocycles. The van der Waals surface area contributed by atoms with Crippen LogP contribution in [-0.4, -0.2) is 31.1 Å². The van der Waals surface area contributed by atoms with Crippen molar-refractivity contribution < 1.29 is 0 Å². The number of hydrogen-bond donors (Lipinski definition) is 1. The predicted octanol–water partition coefficient (Wildman–Crippen LogP) is 3.39. The van der Waals surface area contributed by atoms with Crippen molar-refractivity contribution >= 4 is 27.3 Å². The molecule has 1 aromatic rings. The van der Waals surface area contributed by atoms with Gasteiger partial charge in [0.15, 0.2) is 0 Å². The summed E-state index contributed by atoms with van der Waals surface area (Å²) < 4.78 is 1.27. The molecule has 4 heteroatoms. The predicted molar refractivity (Wildman–Crippen MR) is 78.8 cm³/mol. The van der Waals surface area contributed by atoms with Gasteiger partial charge in [-0.25, -0.2) is 0 Å². The molecule has 0 radical (unpaired) electrons. The summed E-state index contributed by atoms with van der Waals surface area (Å²) in [6, 6.07) is 2.27. The fourth-order valence-corrected chi connectivity index (χ4v) is 3.84. The lowest BCUT2D eigenvalue weighted by atomic mass is 10.1. The van der Waals surface area contributed by atoms with E-state index in [1.807, 2.05) is 11.3 Å². The zero-order valence-corrected chi connectivity index (χ0v) is 12.9. The first-order valence-electron chi connectivity index (χ1n) is 6.43. The average molecular weight is 317 g/mol. The second kappa shape index (κ2) is 6.88. The lowest BCUT2D eigenvalue weighted by Crippen LogP contribution is -2.35. The fraction of sp³-hybridized carbons (Fsp3) is 0.692. The molecule has 1 aliphatic rings. The molecule has 0 bridgehead atoms. The molecule has 2 heterocycles. The van der Waals surface area contributed by atoms with Crippen LogP contribution in [0.3, 0.4) is 0 Å². The van der Waals surface area contributed by atoms with E-state index in [4.69, 9.17) is 0 Å². The van der Waals surface area contributed by atoms with Gasteiger partial charge in [0.1, 0.15) is 0 Å². The highest BCUT2D eigenvalue weighted by molar-refractivity contribution is 9.11. The monoisotopic (exact) mass is 316 g/mol. The second-order valence-corrected chi connectivity index (χ2v) is 7.20. The molecule has 2 rings (SSSR count). The molecule has 1 N–H and O–H groups in total. The lowest BCUT2D eigenvalue weighted by molar-refractivity contribution is 0.229. The summed E-state index contributed by atoms with van der Waals surface area (Å²) in [5.74, 6) is 0. The molecule has 96 valence electrons. The lowest BCUT2D eigenvalue weighted by Gasteiger charge is -2.26. The highest BCUT2D eigenvalue weighted by atomic mass is 79.9. The van der Waals surface area contributed by atoms with Crippen LogP contribution < -0.4 is 5.32 Å². The van der Waals surface area contributed by atoms with Crippen LogP contribution in [0.4, 0.5) is 0 Å². The minimum absolute atomic E-state index is 1.00. The molecule has 0 aliphatic carbocycles. The van der Waals surface area contributed by atoms with E-state index in [9.17, 15) is 0 Å². The largest absolute Gasteiger partial charge is 0.311 e. The van der Waals surface area contributed by atoms with Gasteiger partial charge in [-0.15, -0.1) is 11.3 Å². The molecule has 0 aromatic carbocycles. The molecule has 2 nitrogen and oxygen atoms in total. The normalized spacial score (nSPS) is 17.5. The summed E-state index contributed by atoms with van der Waals surface area (Å²) in [5.41, 5.74) is 1.35.